The van der Waals surface area contributed by atoms with E-state index in [1.54, 1.807) is 0 Å². The molecule has 0 fully saturated rings. The molecule has 0 saturated carbocycles. The van der Waals surface area contributed by atoms with Gasteiger partial charge in [0.1, 0.15) is 10.6 Å². The Kier molecular flexibility index (Phi) is 3.79. The molecule has 0 atom stereocenters. The molecule has 0 radical (unpaired) electrons. The molecular formula is C18H20P+. The summed E-state index contributed by atoms with van der Waals surface area (Å²) < 4.78 is 0. The van der Waals surface area contributed by atoms with Gasteiger partial charge in [0, 0.05) is 0 Å². The minimum absolute atomic E-state index is 0.0461. The lowest BCUT2D eigenvalue weighted by molar-refractivity contribution is 0.787. The second-order valence-corrected chi connectivity index (χ2v) is 9.62. The van der Waals surface area contributed by atoms with Gasteiger partial charge in [-0.2, -0.15) is 0 Å². The van der Waals surface area contributed by atoms with E-state index in [-0.39, 0.29) is 5.16 Å². The van der Waals surface area contributed by atoms with E-state index in [1.807, 2.05) is 12.1 Å². The van der Waals surface area contributed by atoms with E-state index in [0.717, 1.165) is 0 Å². The van der Waals surface area contributed by atoms with Crippen LogP contribution in [-0.2, 0) is 0 Å². The van der Waals surface area contributed by atoms with Gasteiger partial charge < -0.3 is 0 Å². The van der Waals surface area contributed by atoms with Crippen LogP contribution in [0.15, 0.2) is 60.7 Å². The molecule has 96 valence electrons. The molecule has 2 aromatic carbocycles. The maximum atomic E-state index is 6.06. The van der Waals surface area contributed by atoms with E-state index >= 15 is 0 Å². The third-order valence-corrected chi connectivity index (χ3v) is 8.03. The fourth-order valence-electron chi connectivity index (χ4n) is 2.57. The highest BCUT2D eigenvalue weighted by molar-refractivity contribution is 7.94. The predicted molar refractivity (Wildman–Crippen MR) is 87.7 cm³/mol. The Morgan fingerprint density at radius 2 is 1.16 bits per heavy atom. The van der Waals surface area contributed by atoms with Crippen LogP contribution in [0.25, 0.3) is 0 Å². The van der Waals surface area contributed by atoms with Crippen molar-refractivity contribution < 1.29 is 0 Å². The molecule has 0 aromatic heterocycles. The second-order valence-electron chi connectivity index (χ2n) is 5.64. The maximum absolute atomic E-state index is 6.06. The molecule has 19 heavy (non-hydrogen) atoms. The summed E-state index contributed by atoms with van der Waals surface area (Å²) in [5.41, 5.74) is 3.20. The van der Waals surface area contributed by atoms with Crippen molar-refractivity contribution in [1.29, 1.82) is 0 Å². The molecule has 0 N–H and O–H groups in total. The Morgan fingerprint density at radius 1 is 0.789 bits per heavy atom. The zero-order valence-corrected chi connectivity index (χ0v) is 12.7. The zero-order valence-electron chi connectivity index (χ0n) is 11.8. The lowest BCUT2D eigenvalue weighted by Gasteiger charge is -2.32. The largest absolute Gasteiger partial charge is 0.161 e. The highest BCUT2D eigenvalue weighted by atomic mass is 31.2. The van der Waals surface area contributed by atoms with E-state index in [9.17, 15) is 0 Å². The van der Waals surface area contributed by atoms with Gasteiger partial charge in [0.05, 0.1) is 10.8 Å². The first-order valence-corrected chi connectivity index (χ1v) is 8.29. The van der Waals surface area contributed by atoms with Crippen molar-refractivity contribution in [2.24, 2.45) is 0 Å². The van der Waals surface area contributed by atoms with Crippen molar-refractivity contribution in [3.05, 3.63) is 60.7 Å². The number of terminal acetylenes is 1. The molecule has 0 heterocycles. The van der Waals surface area contributed by atoms with Crippen molar-refractivity contribution in [2.45, 2.75) is 25.9 Å². The smallest absolute Gasteiger partial charge is 0.0759 e. The lowest BCUT2D eigenvalue weighted by atomic mass is 10.2. The summed E-state index contributed by atoms with van der Waals surface area (Å²) >= 11 is 0. The molecule has 0 aliphatic rings. The SMILES string of the molecule is C#C[P+](c1ccccc1)(c1ccccc1)C(C)(C)C. The van der Waals surface area contributed by atoms with Crippen molar-refractivity contribution in [3.63, 3.8) is 0 Å². The van der Waals surface area contributed by atoms with Crippen LogP contribution in [-0.4, -0.2) is 5.16 Å². The summed E-state index contributed by atoms with van der Waals surface area (Å²) in [5.74, 6) is 0. The molecule has 0 aliphatic heterocycles. The van der Waals surface area contributed by atoms with Gasteiger partial charge >= 0.3 is 0 Å². The fraction of sp³-hybridized carbons (Fsp3) is 0.222. The van der Waals surface area contributed by atoms with Crippen LogP contribution in [0.2, 0.25) is 0 Å². The van der Waals surface area contributed by atoms with Gasteiger partial charge in [0.2, 0.25) is 0 Å². The Labute approximate surface area is 117 Å². The summed E-state index contributed by atoms with van der Waals surface area (Å²) in [7, 11) is -1.84. The fourth-order valence-corrected chi connectivity index (χ4v) is 6.34. The molecule has 0 amide bonds. The minimum Gasteiger partial charge on any atom is -0.0759 e. The quantitative estimate of drug-likeness (QED) is 0.569. The van der Waals surface area contributed by atoms with Crippen LogP contribution in [0.5, 0.6) is 0 Å². The Hall–Kier alpha value is -1.57. The molecule has 0 spiro atoms. The third kappa shape index (κ3) is 2.32. The molecule has 2 rings (SSSR count). The van der Waals surface area contributed by atoms with Crippen LogP contribution >= 0.6 is 7.26 Å². The number of hydrogen-bond donors (Lipinski definition) is 0. The van der Waals surface area contributed by atoms with Gasteiger partial charge in [-0.3, -0.25) is 0 Å². The summed E-state index contributed by atoms with van der Waals surface area (Å²) in [6, 6.07) is 21.1. The monoisotopic (exact) mass is 267 g/mol. The van der Waals surface area contributed by atoms with E-state index in [1.165, 1.54) is 10.6 Å². The first kappa shape index (κ1) is 13.9. The predicted octanol–water partition coefficient (Wildman–Crippen LogP) is 4.04. The summed E-state index contributed by atoms with van der Waals surface area (Å²) in [6.45, 7) is 6.75. The van der Waals surface area contributed by atoms with Gasteiger partial charge in [-0.05, 0) is 45.0 Å². The van der Waals surface area contributed by atoms with Gasteiger partial charge in [0.15, 0.2) is 7.26 Å². The van der Waals surface area contributed by atoms with E-state index in [2.05, 4.69) is 75.0 Å². The summed E-state index contributed by atoms with van der Waals surface area (Å²) in [5, 5.41) is 2.62. The third-order valence-electron chi connectivity index (χ3n) is 3.49. The lowest BCUT2D eigenvalue weighted by Crippen LogP contribution is -2.34. The first-order chi connectivity index (χ1) is 9.02. The van der Waals surface area contributed by atoms with Crippen LogP contribution in [0, 0.1) is 12.1 Å². The number of rotatable bonds is 2. The normalized spacial score (nSPS) is 11.9. The van der Waals surface area contributed by atoms with Crippen LogP contribution in [0.3, 0.4) is 0 Å². The number of benzene rings is 2. The molecule has 0 bridgehead atoms. The molecule has 0 unspecified atom stereocenters. The van der Waals surface area contributed by atoms with E-state index in [0.29, 0.717) is 0 Å². The molecule has 0 nitrogen and oxygen atoms in total. The highest BCUT2D eigenvalue weighted by Crippen LogP contribution is 2.65. The van der Waals surface area contributed by atoms with Gasteiger partial charge in [-0.25, -0.2) is 0 Å². The maximum Gasteiger partial charge on any atom is 0.161 e. The van der Waals surface area contributed by atoms with Crippen LogP contribution in [0.4, 0.5) is 0 Å². The molecular weight excluding hydrogens is 247 g/mol. The average molecular weight is 267 g/mol. The van der Waals surface area contributed by atoms with Gasteiger partial charge in [-0.15, -0.1) is 0 Å². The zero-order chi connectivity index (χ0) is 13.9. The van der Waals surface area contributed by atoms with Gasteiger partial charge in [-0.1, -0.05) is 42.8 Å². The second kappa shape index (κ2) is 5.20. The van der Waals surface area contributed by atoms with E-state index < -0.39 is 7.26 Å². The van der Waals surface area contributed by atoms with Gasteiger partial charge in [0.25, 0.3) is 0 Å². The van der Waals surface area contributed by atoms with Crippen molar-refractivity contribution >= 4 is 17.9 Å². The molecule has 2 aromatic rings. The Bertz CT molecular complexity index is 531. The Morgan fingerprint density at radius 3 is 1.42 bits per heavy atom. The van der Waals surface area contributed by atoms with Crippen LogP contribution < -0.4 is 10.6 Å². The van der Waals surface area contributed by atoms with Crippen LogP contribution in [0.1, 0.15) is 20.8 Å². The summed E-state index contributed by atoms with van der Waals surface area (Å²) in [6.07, 6.45) is 6.06. The van der Waals surface area contributed by atoms with Crippen molar-refractivity contribution in [2.75, 3.05) is 0 Å². The minimum atomic E-state index is -1.84. The first-order valence-electron chi connectivity index (χ1n) is 6.50. The average Bonchev–Trinajstić information content (AvgIpc) is 2.41. The van der Waals surface area contributed by atoms with E-state index in [4.69, 9.17) is 6.42 Å². The van der Waals surface area contributed by atoms with Crippen molar-refractivity contribution in [3.8, 4) is 12.1 Å². The Balaban J connectivity index is 2.75. The topological polar surface area (TPSA) is 0 Å². The standard InChI is InChI=1S/C18H20P/c1-5-19(18(2,3)4,16-12-8-6-9-13-16)17-14-10-7-11-15-17/h1,6-15H,2-4H3/q+1. The molecule has 0 aliphatic carbocycles. The molecule has 1 heteroatoms. The summed E-state index contributed by atoms with van der Waals surface area (Å²) in [4.78, 5) is 0. The van der Waals surface area contributed by atoms with Crippen molar-refractivity contribution in [1.82, 2.24) is 0 Å². The number of hydrogen-bond acceptors (Lipinski definition) is 0. The highest BCUT2D eigenvalue weighted by Gasteiger charge is 2.52. The molecule has 0 saturated heterocycles.